The lowest BCUT2D eigenvalue weighted by Gasteiger charge is -2.12. The number of nitrogens with zero attached hydrogens (tertiary/aromatic N) is 3. The smallest absolute Gasteiger partial charge is 0.355 e. The van der Waals surface area contributed by atoms with Crippen LogP contribution in [0.2, 0.25) is 0 Å². The SMILES string of the molecule is Cc1cc(C(=O)NC(C)c2nc(C(=O)O)cs2)c(C)nn1. The number of carboxylic acid groups (broad SMARTS) is 1. The second kappa shape index (κ2) is 5.96. The van der Waals surface area contributed by atoms with Crippen LogP contribution >= 0.6 is 11.3 Å². The highest BCUT2D eigenvalue weighted by molar-refractivity contribution is 7.09. The van der Waals surface area contributed by atoms with Gasteiger partial charge >= 0.3 is 5.97 Å². The van der Waals surface area contributed by atoms with Gasteiger partial charge in [0.15, 0.2) is 5.69 Å². The molecule has 0 aliphatic carbocycles. The zero-order chi connectivity index (χ0) is 15.6. The molecule has 0 radical (unpaired) electrons. The molecule has 2 N–H and O–H groups in total. The van der Waals surface area contributed by atoms with Gasteiger partial charge in [-0.25, -0.2) is 9.78 Å². The Bertz CT molecular complexity index is 698. The van der Waals surface area contributed by atoms with Crippen LogP contribution in [-0.2, 0) is 0 Å². The van der Waals surface area contributed by atoms with E-state index in [1.165, 1.54) is 16.7 Å². The van der Waals surface area contributed by atoms with Crippen molar-refractivity contribution in [2.45, 2.75) is 26.8 Å². The van der Waals surface area contributed by atoms with Crippen LogP contribution in [0.3, 0.4) is 0 Å². The van der Waals surface area contributed by atoms with E-state index in [-0.39, 0.29) is 17.6 Å². The highest BCUT2D eigenvalue weighted by atomic mass is 32.1. The topological polar surface area (TPSA) is 105 Å². The number of amides is 1. The summed E-state index contributed by atoms with van der Waals surface area (Å²) in [6.45, 7) is 5.21. The van der Waals surface area contributed by atoms with E-state index in [2.05, 4.69) is 20.5 Å². The van der Waals surface area contributed by atoms with Crippen molar-refractivity contribution in [2.24, 2.45) is 0 Å². The van der Waals surface area contributed by atoms with Gasteiger partial charge in [0.25, 0.3) is 5.91 Å². The molecule has 2 aromatic heterocycles. The van der Waals surface area contributed by atoms with Crippen molar-refractivity contribution in [3.05, 3.63) is 39.1 Å². The predicted molar refractivity (Wildman–Crippen MR) is 76.5 cm³/mol. The molecule has 0 saturated carbocycles. The molecule has 2 aromatic rings. The maximum Gasteiger partial charge on any atom is 0.355 e. The van der Waals surface area contributed by atoms with Crippen molar-refractivity contribution in [1.29, 1.82) is 0 Å². The van der Waals surface area contributed by atoms with E-state index in [0.717, 1.165) is 0 Å². The summed E-state index contributed by atoms with van der Waals surface area (Å²) in [6.07, 6.45) is 0. The van der Waals surface area contributed by atoms with Crippen LogP contribution in [-0.4, -0.2) is 32.2 Å². The van der Waals surface area contributed by atoms with Gasteiger partial charge in [0.1, 0.15) is 5.01 Å². The largest absolute Gasteiger partial charge is 0.476 e. The third-order valence-corrected chi connectivity index (χ3v) is 3.83. The monoisotopic (exact) mass is 306 g/mol. The van der Waals surface area contributed by atoms with Gasteiger partial charge in [0.2, 0.25) is 0 Å². The number of aromatic nitrogens is 3. The number of hydrogen-bond acceptors (Lipinski definition) is 6. The number of hydrogen-bond donors (Lipinski definition) is 2. The highest BCUT2D eigenvalue weighted by Crippen LogP contribution is 2.19. The van der Waals surface area contributed by atoms with E-state index in [9.17, 15) is 9.59 Å². The molecule has 0 spiro atoms. The first-order valence-corrected chi connectivity index (χ1v) is 7.07. The van der Waals surface area contributed by atoms with Gasteiger partial charge in [-0.3, -0.25) is 4.79 Å². The summed E-state index contributed by atoms with van der Waals surface area (Å²) in [5.74, 6) is -1.37. The molecule has 0 bridgehead atoms. The summed E-state index contributed by atoms with van der Waals surface area (Å²) in [6, 6.07) is 1.28. The number of carbonyl (C=O) groups excluding carboxylic acids is 1. The van der Waals surface area contributed by atoms with Gasteiger partial charge in [0, 0.05) is 5.38 Å². The Balaban J connectivity index is 2.14. The Morgan fingerprint density at radius 2 is 2.05 bits per heavy atom. The molecule has 1 unspecified atom stereocenters. The molecule has 2 rings (SSSR count). The van der Waals surface area contributed by atoms with E-state index in [1.54, 1.807) is 26.8 Å². The van der Waals surface area contributed by atoms with Crippen LogP contribution in [0.4, 0.5) is 0 Å². The quantitative estimate of drug-likeness (QED) is 0.891. The lowest BCUT2D eigenvalue weighted by atomic mass is 10.2. The van der Waals surface area contributed by atoms with Crippen molar-refractivity contribution < 1.29 is 14.7 Å². The zero-order valence-corrected chi connectivity index (χ0v) is 12.6. The van der Waals surface area contributed by atoms with Crippen molar-refractivity contribution >= 4 is 23.2 Å². The maximum absolute atomic E-state index is 12.2. The minimum atomic E-state index is -1.08. The minimum absolute atomic E-state index is 0.0197. The van der Waals surface area contributed by atoms with Crippen LogP contribution in [0.25, 0.3) is 0 Å². The van der Waals surface area contributed by atoms with E-state index in [1.807, 2.05) is 0 Å². The van der Waals surface area contributed by atoms with E-state index >= 15 is 0 Å². The molecule has 1 atom stereocenters. The first-order chi connectivity index (χ1) is 9.88. The van der Waals surface area contributed by atoms with Crippen LogP contribution in [0.1, 0.15) is 50.2 Å². The normalized spacial score (nSPS) is 12.0. The summed E-state index contributed by atoms with van der Waals surface area (Å²) in [5.41, 5.74) is 1.62. The summed E-state index contributed by atoms with van der Waals surface area (Å²) >= 11 is 1.20. The van der Waals surface area contributed by atoms with E-state index < -0.39 is 5.97 Å². The Kier molecular flexibility index (Phi) is 4.27. The first kappa shape index (κ1) is 15.0. The molecule has 0 aliphatic heterocycles. The highest BCUT2D eigenvalue weighted by Gasteiger charge is 2.18. The number of aromatic carboxylic acids is 1. The number of aryl methyl sites for hydroxylation is 2. The molecule has 110 valence electrons. The second-order valence-corrected chi connectivity index (χ2v) is 5.45. The molecule has 0 fully saturated rings. The average Bonchev–Trinajstić information content (AvgIpc) is 2.91. The summed E-state index contributed by atoms with van der Waals surface area (Å²) in [4.78, 5) is 27.0. The number of rotatable bonds is 4. The Morgan fingerprint density at radius 1 is 1.33 bits per heavy atom. The lowest BCUT2D eigenvalue weighted by molar-refractivity contribution is 0.0691. The molecule has 7 nitrogen and oxygen atoms in total. The average molecular weight is 306 g/mol. The molecule has 8 heteroatoms. The van der Waals surface area contributed by atoms with Crippen molar-refractivity contribution in [2.75, 3.05) is 0 Å². The maximum atomic E-state index is 12.2. The molecule has 0 aromatic carbocycles. The molecule has 2 heterocycles. The molecule has 0 saturated heterocycles. The van der Waals surface area contributed by atoms with Gasteiger partial charge in [0.05, 0.1) is 23.0 Å². The van der Waals surface area contributed by atoms with Gasteiger partial charge in [-0.05, 0) is 26.8 Å². The first-order valence-electron chi connectivity index (χ1n) is 6.19. The van der Waals surface area contributed by atoms with Crippen molar-refractivity contribution in [3.63, 3.8) is 0 Å². The van der Waals surface area contributed by atoms with Gasteiger partial charge in [-0.2, -0.15) is 10.2 Å². The molecular weight excluding hydrogens is 292 g/mol. The molecule has 21 heavy (non-hydrogen) atoms. The minimum Gasteiger partial charge on any atom is -0.476 e. The molecule has 1 amide bonds. The summed E-state index contributed by atoms with van der Waals surface area (Å²) in [7, 11) is 0. The Morgan fingerprint density at radius 3 is 2.67 bits per heavy atom. The van der Waals surface area contributed by atoms with Crippen LogP contribution in [0.15, 0.2) is 11.4 Å². The fourth-order valence-corrected chi connectivity index (χ4v) is 2.50. The van der Waals surface area contributed by atoms with Gasteiger partial charge in [-0.15, -0.1) is 11.3 Å². The zero-order valence-electron chi connectivity index (χ0n) is 11.7. The predicted octanol–water partition coefficient (Wildman–Crippen LogP) is 1.74. The van der Waals surface area contributed by atoms with Crippen LogP contribution in [0.5, 0.6) is 0 Å². The third-order valence-electron chi connectivity index (χ3n) is 2.80. The number of thiazole rings is 1. The molecular formula is C13H14N4O3S. The fourth-order valence-electron chi connectivity index (χ4n) is 1.70. The standard InChI is InChI=1S/C13H14N4O3S/c1-6-4-9(7(2)17-16-6)11(18)14-8(3)12-15-10(5-21-12)13(19)20/h4-5,8H,1-3H3,(H,14,18)(H,19,20). The molecule has 0 aliphatic rings. The number of carbonyl (C=O) groups is 2. The summed E-state index contributed by atoms with van der Waals surface area (Å²) in [5, 5.41) is 21.4. The van der Waals surface area contributed by atoms with E-state index in [4.69, 9.17) is 5.11 Å². The van der Waals surface area contributed by atoms with Gasteiger partial charge < -0.3 is 10.4 Å². The number of carboxylic acids is 1. The number of nitrogens with one attached hydrogen (secondary N) is 1. The Hall–Kier alpha value is -2.35. The van der Waals surface area contributed by atoms with E-state index in [0.29, 0.717) is 22.0 Å². The Labute approximate surface area is 125 Å². The third kappa shape index (κ3) is 3.40. The lowest BCUT2D eigenvalue weighted by Crippen LogP contribution is -2.27. The summed E-state index contributed by atoms with van der Waals surface area (Å²) < 4.78 is 0. The van der Waals surface area contributed by atoms with Crippen LogP contribution in [0, 0.1) is 13.8 Å². The fraction of sp³-hybridized carbons (Fsp3) is 0.308. The van der Waals surface area contributed by atoms with Crippen molar-refractivity contribution in [3.8, 4) is 0 Å². The van der Waals surface area contributed by atoms with Crippen molar-refractivity contribution in [1.82, 2.24) is 20.5 Å². The van der Waals surface area contributed by atoms with Crippen LogP contribution < -0.4 is 5.32 Å². The second-order valence-electron chi connectivity index (χ2n) is 4.56. The van der Waals surface area contributed by atoms with Gasteiger partial charge in [-0.1, -0.05) is 0 Å².